The number of aryl methyl sites for hydroxylation is 1. The van der Waals surface area contributed by atoms with Crippen LogP contribution < -0.4 is 10.1 Å². The van der Waals surface area contributed by atoms with Gasteiger partial charge in [-0.1, -0.05) is 29.8 Å². The Labute approximate surface area is 192 Å². The minimum Gasteiger partial charge on any atom is -0.491 e. The molecule has 0 aliphatic carbocycles. The molecule has 0 aliphatic rings. The fraction of sp³-hybridized carbons (Fsp3) is 0.240. The molecule has 0 saturated heterocycles. The van der Waals surface area contributed by atoms with E-state index in [1.165, 1.54) is 0 Å². The molecule has 0 unspecified atom stereocenters. The summed E-state index contributed by atoms with van der Waals surface area (Å²) in [7, 11) is 0. The highest BCUT2D eigenvalue weighted by molar-refractivity contribution is 6.30. The highest BCUT2D eigenvalue weighted by Crippen LogP contribution is 2.23. The van der Waals surface area contributed by atoms with Gasteiger partial charge in [0.25, 0.3) is 0 Å². The van der Waals surface area contributed by atoms with Crippen LogP contribution in [0.25, 0.3) is 16.6 Å². The lowest BCUT2D eigenvalue weighted by Gasteiger charge is -2.09. The molecule has 4 rings (SSSR count). The highest BCUT2D eigenvalue weighted by Gasteiger charge is 2.16. The third kappa shape index (κ3) is 4.92. The number of rotatable bonds is 8. The van der Waals surface area contributed by atoms with Crippen LogP contribution in [0.5, 0.6) is 5.75 Å². The number of hydrogen-bond acceptors (Lipinski definition) is 4. The molecule has 7 heteroatoms. The van der Waals surface area contributed by atoms with Crippen LogP contribution in [-0.4, -0.2) is 33.8 Å². The van der Waals surface area contributed by atoms with Crippen molar-refractivity contribution in [3.05, 3.63) is 82.8 Å². The second kappa shape index (κ2) is 9.83. The molecule has 0 atom stereocenters. The summed E-state index contributed by atoms with van der Waals surface area (Å²) in [6, 6.07) is 17.3. The number of para-hydroxylation sites is 1. The minimum absolute atomic E-state index is 0.0290. The summed E-state index contributed by atoms with van der Waals surface area (Å²) in [5.74, 6) is 0.731. The van der Waals surface area contributed by atoms with Crippen LogP contribution in [0.3, 0.4) is 0 Å². The van der Waals surface area contributed by atoms with Crippen LogP contribution in [0.15, 0.2) is 60.8 Å². The number of amides is 1. The molecule has 0 saturated carbocycles. The van der Waals surface area contributed by atoms with E-state index < -0.39 is 0 Å². The fourth-order valence-electron chi connectivity index (χ4n) is 3.66. The summed E-state index contributed by atoms with van der Waals surface area (Å²) in [5, 5.41) is 9.30. The number of fused-ring (bicyclic) bond motifs is 1. The van der Waals surface area contributed by atoms with Gasteiger partial charge in [-0.05, 0) is 56.7 Å². The molecule has 0 aliphatic heterocycles. The van der Waals surface area contributed by atoms with Gasteiger partial charge in [0.05, 0.1) is 24.4 Å². The molecule has 1 amide bonds. The number of carbonyl (C=O) groups excluding carboxylic acids is 1. The lowest BCUT2D eigenvalue weighted by Crippen LogP contribution is -2.27. The summed E-state index contributed by atoms with van der Waals surface area (Å²) in [4.78, 5) is 16.9. The maximum absolute atomic E-state index is 12.5. The predicted molar refractivity (Wildman–Crippen MR) is 127 cm³/mol. The number of aromatic nitrogens is 3. The molecule has 2 aromatic carbocycles. The van der Waals surface area contributed by atoms with Crippen molar-refractivity contribution in [2.24, 2.45) is 0 Å². The zero-order valence-electron chi connectivity index (χ0n) is 18.1. The van der Waals surface area contributed by atoms with Crippen LogP contribution in [0.2, 0.25) is 5.02 Å². The first-order valence-corrected chi connectivity index (χ1v) is 10.9. The van der Waals surface area contributed by atoms with Crippen LogP contribution in [-0.2, 0) is 11.2 Å². The molecule has 2 aromatic heterocycles. The zero-order chi connectivity index (χ0) is 22.5. The number of halogens is 1. The largest absolute Gasteiger partial charge is 0.491 e. The zero-order valence-corrected chi connectivity index (χ0v) is 18.9. The second-order valence-corrected chi connectivity index (χ2v) is 8.03. The number of nitrogens with zero attached hydrogens (tertiary/aromatic N) is 3. The van der Waals surface area contributed by atoms with E-state index >= 15 is 0 Å². The van der Waals surface area contributed by atoms with E-state index in [1.807, 2.05) is 73.1 Å². The standard InChI is InChI=1S/C25H25ClN4O2/c1-17-22(18(2)30(29-17)21-11-9-20(26)10-12-21)16-24(31)27-14-5-15-32-23-8-3-6-19-7-4-13-28-25(19)23/h3-4,6-13H,5,14-16H2,1-2H3,(H,27,31). The molecular formula is C25H25ClN4O2. The molecule has 0 radical (unpaired) electrons. The summed E-state index contributed by atoms with van der Waals surface area (Å²) in [6.07, 6.45) is 2.75. The van der Waals surface area contributed by atoms with Gasteiger partial charge in [-0.25, -0.2) is 4.68 Å². The maximum atomic E-state index is 12.5. The van der Waals surface area contributed by atoms with Gasteiger partial charge in [0.15, 0.2) is 0 Å². The van der Waals surface area contributed by atoms with E-state index in [4.69, 9.17) is 16.3 Å². The van der Waals surface area contributed by atoms with Crippen molar-refractivity contribution >= 4 is 28.4 Å². The molecule has 164 valence electrons. The Kier molecular flexibility index (Phi) is 6.71. The van der Waals surface area contributed by atoms with Crippen molar-refractivity contribution in [1.29, 1.82) is 0 Å². The van der Waals surface area contributed by atoms with Gasteiger partial charge in [0.2, 0.25) is 5.91 Å². The molecular weight excluding hydrogens is 424 g/mol. The van der Waals surface area contributed by atoms with E-state index in [1.54, 1.807) is 6.20 Å². The fourth-order valence-corrected chi connectivity index (χ4v) is 3.79. The first kappa shape index (κ1) is 21.8. The summed E-state index contributed by atoms with van der Waals surface area (Å²) in [6.45, 7) is 4.94. The van der Waals surface area contributed by atoms with Crippen molar-refractivity contribution in [1.82, 2.24) is 20.1 Å². The normalized spacial score (nSPS) is 11.0. The van der Waals surface area contributed by atoms with E-state index in [-0.39, 0.29) is 5.91 Å². The van der Waals surface area contributed by atoms with Gasteiger partial charge >= 0.3 is 0 Å². The van der Waals surface area contributed by atoms with Crippen molar-refractivity contribution in [2.45, 2.75) is 26.7 Å². The molecule has 1 N–H and O–H groups in total. The second-order valence-electron chi connectivity index (χ2n) is 7.60. The number of ether oxygens (including phenoxy) is 1. The molecule has 0 fully saturated rings. The van der Waals surface area contributed by atoms with Crippen LogP contribution in [0, 0.1) is 13.8 Å². The van der Waals surface area contributed by atoms with Gasteiger partial charge < -0.3 is 10.1 Å². The van der Waals surface area contributed by atoms with Crippen molar-refractivity contribution < 1.29 is 9.53 Å². The molecule has 32 heavy (non-hydrogen) atoms. The van der Waals surface area contributed by atoms with E-state index in [9.17, 15) is 4.79 Å². The first-order chi connectivity index (χ1) is 15.5. The summed E-state index contributed by atoms with van der Waals surface area (Å²) < 4.78 is 7.73. The van der Waals surface area contributed by atoms with Crippen molar-refractivity contribution in [3.8, 4) is 11.4 Å². The topological polar surface area (TPSA) is 69.0 Å². The van der Waals surface area contributed by atoms with Crippen LogP contribution >= 0.6 is 11.6 Å². The minimum atomic E-state index is -0.0290. The Morgan fingerprint density at radius 1 is 1.09 bits per heavy atom. The monoisotopic (exact) mass is 448 g/mol. The van der Waals surface area contributed by atoms with Gasteiger partial charge in [-0.2, -0.15) is 5.10 Å². The SMILES string of the molecule is Cc1nn(-c2ccc(Cl)cc2)c(C)c1CC(=O)NCCCOc1cccc2cccnc12. The third-order valence-electron chi connectivity index (χ3n) is 5.35. The quantitative estimate of drug-likeness (QED) is 0.392. The number of hydrogen-bond donors (Lipinski definition) is 1. The Hall–Kier alpha value is -3.38. The average Bonchev–Trinajstić information content (AvgIpc) is 3.07. The Morgan fingerprint density at radius 3 is 2.69 bits per heavy atom. The summed E-state index contributed by atoms with van der Waals surface area (Å²) >= 11 is 5.98. The van der Waals surface area contributed by atoms with Gasteiger partial charge in [-0.15, -0.1) is 0 Å². The van der Waals surface area contributed by atoms with E-state index in [0.717, 1.165) is 39.3 Å². The smallest absolute Gasteiger partial charge is 0.224 e. The van der Waals surface area contributed by atoms with Gasteiger partial charge in [0, 0.05) is 34.4 Å². The summed E-state index contributed by atoms with van der Waals surface area (Å²) in [5.41, 5.74) is 4.51. The van der Waals surface area contributed by atoms with Crippen molar-refractivity contribution in [3.63, 3.8) is 0 Å². The van der Waals surface area contributed by atoms with Crippen LogP contribution in [0.4, 0.5) is 0 Å². The molecule has 0 bridgehead atoms. The third-order valence-corrected chi connectivity index (χ3v) is 5.60. The number of nitrogens with one attached hydrogen (secondary N) is 1. The number of carbonyl (C=O) groups is 1. The molecule has 2 heterocycles. The molecule has 6 nitrogen and oxygen atoms in total. The molecule has 4 aromatic rings. The average molecular weight is 449 g/mol. The van der Waals surface area contributed by atoms with Crippen LogP contribution in [0.1, 0.15) is 23.4 Å². The van der Waals surface area contributed by atoms with Gasteiger partial charge in [-0.3, -0.25) is 9.78 Å². The lowest BCUT2D eigenvalue weighted by atomic mass is 10.1. The van der Waals surface area contributed by atoms with E-state index in [0.29, 0.717) is 31.0 Å². The van der Waals surface area contributed by atoms with E-state index in [2.05, 4.69) is 15.4 Å². The predicted octanol–water partition coefficient (Wildman–Crippen LogP) is 4.82. The first-order valence-electron chi connectivity index (χ1n) is 10.6. The number of pyridine rings is 1. The Morgan fingerprint density at radius 2 is 1.88 bits per heavy atom. The van der Waals surface area contributed by atoms with Crippen molar-refractivity contribution in [2.75, 3.05) is 13.2 Å². The Balaban J connectivity index is 1.28. The Bertz CT molecular complexity index is 1230. The molecule has 0 spiro atoms. The maximum Gasteiger partial charge on any atom is 0.224 e. The highest BCUT2D eigenvalue weighted by atomic mass is 35.5. The van der Waals surface area contributed by atoms with Gasteiger partial charge in [0.1, 0.15) is 11.3 Å². The lowest BCUT2D eigenvalue weighted by molar-refractivity contribution is -0.120. The number of benzene rings is 2.